The number of benzene rings is 1. The lowest BCUT2D eigenvalue weighted by atomic mass is 10.2. The second kappa shape index (κ2) is 3.90. The summed E-state index contributed by atoms with van der Waals surface area (Å²) in [5, 5.41) is 9.54. The van der Waals surface area contributed by atoms with Gasteiger partial charge in [0.1, 0.15) is 0 Å². The average Bonchev–Trinajstić information content (AvgIpc) is 2.56. The summed E-state index contributed by atoms with van der Waals surface area (Å²) in [5.41, 5.74) is 1.77. The smallest absolute Gasteiger partial charge is 0.328 e. The van der Waals surface area contributed by atoms with Gasteiger partial charge in [0.05, 0.1) is 0 Å². The van der Waals surface area contributed by atoms with Crippen molar-refractivity contribution in [1.82, 2.24) is 4.98 Å². The second-order valence-electron chi connectivity index (χ2n) is 3.13. The predicted molar refractivity (Wildman–Crippen MR) is 62.7 cm³/mol. The van der Waals surface area contributed by atoms with Gasteiger partial charge in [-0.3, -0.25) is 0 Å². The van der Waals surface area contributed by atoms with Crippen LogP contribution in [-0.4, -0.2) is 16.1 Å². The summed E-state index contributed by atoms with van der Waals surface area (Å²) in [7, 11) is 0. The van der Waals surface area contributed by atoms with E-state index < -0.39 is 5.97 Å². The summed E-state index contributed by atoms with van der Waals surface area (Å²) in [6.45, 7) is 0. The summed E-state index contributed by atoms with van der Waals surface area (Å²) in [6, 6.07) is 7.75. The average molecular weight is 266 g/mol. The van der Waals surface area contributed by atoms with E-state index in [0.717, 1.165) is 27.1 Å². The molecular formula is C11H8BrNO2. The Balaban J connectivity index is 2.43. The number of hydrogen-bond acceptors (Lipinski definition) is 1. The standard InChI is InChI=1S/C11H8BrNO2/c12-8-1-3-10-7(5-8)6-9(13-10)2-4-11(14)15/h1-6,13H,(H,14,15)/b4-2+. The van der Waals surface area contributed by atoms with Gasteiger partial charge in [-0.2, -0.15) is 0 Å². The Kier molecular flexibility index (Phi) is 2.60. The molecule has 0 bridgehead atoms. The fourth-order valence-corrected chi connectivity index (χ4v) is 1.76. The lowest BCUT2D eigenvalue weighted by molar-refractivity contribution is -0.131. The van der Waals surface area contributed by atoms with Gasteiger partial charge in [-0.15, -0.1) is 0 Å². The predicted octanol–water partition coefficient (Wildman–Crippen LogP) is 3.03. The van der Waals surface area contributed by atoms with Gasteiger partial charge in [-0.25, -0.2) is 4.79 Å². The van der Waals surface area contributed by atoms with E-state index in [1.807, 2.05) is 24.3 Å². The summed E-state index contributed by atoms with van der Waals surface area (Å²) >= 11 is 3.38. The number of H-pyrrole nitrogens is 1. The minimum absolute atomic E-state index is 0.783. The molecule has 0 saturated carbocycles. The van der Waals surface area contributed by atoms with Gasteiger partial charge < -0.3 is 10.1 Å². The molecule has 4 heteroatoms. The van der Waals surface area contributed by atoms with Crippen LogP contribution in [0.5, 0.6) is 0 Å². The van der Waals surface area contributed by atoms with Crippen molar-refractivity contribution in [2.24, 2.45) is 0 Å². The van der Waals surface area contributed by atoms with Crippen LogP contribution in [0.3, 0.4) is 0 Å². The normalized spacial score (nSPS) is 11.3. The fraction of sp³-hybridized carbons (Fsp3) is 0. The van der Waals surface area contributed by atoms with Gasteiger partial charge in [0.25, 0.3) is 0 Å². The first kappa shape index (κ1) is 9.98. The molecule has 0 aliphatic rings. The van der Waals surface area contributed by atoms with Crippen LogP contribution in [0.2, 0.25) is 0 Å². The highest BCUT2D eigenvalue weighted by Crippen LogP contribution is 2.20. The molecule has 3 nitrogen and oxygen atoms in total. The van der Waals surface area contributed by atoms with Crippen LogP contribution in [-0.2, 0) is 4.79 Å². The number of aromatic nitrogens is 1. The molecule has 0 spiro atoms. The molecule has 0 atom stereocenters. The maximum absolute atomic E-state index is 10.3. The monoisotopic (exact) mass is 265 g/mol. The number of halogens is 1. The molecule has 15 heavy (non-hydrogen) atoms. The third-order valence-electron chi connectivity index (χ3n) is 2.01. The number of carboxylic acids is 1. The fourth-order valence-electron chi connectivity index (χ4n) is 1.38. The van der Waals surface area contributed by atoms with Crippen molar-refractivity contribution in [3.63, 3.8) is 0 Å². The van der Waals surface area contributed by atoms with Crippen molar-refractivity contribution in [3.05, 3.63) is 40.5 Å². The highest BCUT2D eigenvalue weighted by Gasteiger charge is 1.98. The summed E-state index contributed by atoms with van der Waals surface area (Å²) in [6.07, 6.45) is 2.65. The summed E-state index contributed by atoms with van der Waals surface area (Å²) in [4.78, 5) is 13.4. The zero-order chi connectivity index (χ0) is 10.8. The van der Waals surface area contributed by atoms with Crippen LogP contribution in [0.25, 0.3) is 17.0 Å². The molecule has 0 fully saturated rings. The van der Waals surface area contributed by atoms with Gasteiger partial charge in [-0.05, 0) is 30.3 Å². The minimum atomic E-state index is -0.949. The summed E-state index contributed by atoms with van der Waals surface area (Å²) in [5.74, 6) is -0.949. The molecule has 76 valence electrons. The molecule has 1 aromatic carbocycles. The molecule has 1 aromatic heterocycles. The van der Waals surface area contributed by atoms with Crippen LogP contribution in [0, 0.1) is 0 Å². The Morgan fingerprint density at radius 3 is 2.93 bits per heavy atom. The summed E-state index contributed by atoms with van der Waals surface area (Å²) < 4.78 is 1.00. The molecule has 2 aromatic rings. The van der Waals surface area contributed by atoms with Crippen LogP contribution in [0.1, 0.15) is 5.69 Å². The van der Waals surface area contributed by atoms with E-state index in [4.69, 9.17) is 5.11 Å². The van der Waals surface area contributed by atoms with Crippen molar-refractivity contribution in [1.29, 1.82) is 0 Å². The van der Waals surface area contributed by atoms with Gasteiger partial charge in [0.15, 0.2) is 0 Å². The van der Waals surface area contributed by atoms with E-state index in [1.54, 1.807) is 0 Å². The third kappa shape index (κ3) is 2.27. The molecule has 2 N–H and O–H groups in total. The van der Waals surface area contributed by atoms with Crippen LogP contribution in [0.4, 0.5) is 0 Å². The Labute approximate surface area is 94.6 Å². The van der Waals surface area contributed by atoms with E-state index in [-0.39, 0.29) is 0 Å². The number of nitrogens with one attached hydrogen (secondary N) is 1. The second-order valence-corrected chi connectivity index (χ2v) is 4.04. The molecule has 2 rings (SSSR count). The number of rotatable bonds is 2. The topological polar surface area (TPSA) is 53.1 Å². The molecule has 0 amide bonds. The lowest BCUT2D eigenvalue weighted by Crippen LogP contribution is -1.85. The van der Waals surface area contributed by atoms with Crippen LogP contribution >= 0.6 is 15.9 Å². The molecule has 0 unspecified atom stereocenters. The number of carboxylic acid groups (broad SMARTS) is 1. The van der Waals surface area contributed by atoms with Crippen LogP contribution < -0.4 is 0 Å². The van der Waals surface area contributed by atoms with E-state index in [1.165, 1.54) is 6.08 Å². The van der Waals surface area contributed by atoms with E-state index in [0.29, 0.717) is 0 Å². The number of aromatic amines is 1. The highest BCUT2D eigenvalue weighted by atomic mass is 79.9. The first-order valence-electron chi connectivity index (χ1n) is 4.34. The number of carbonyl (C=O) groups is 1. The molecule has 0 aliphatic heterocycles. The Morgan fingerprint density at radius 1 is 1.40 bits per heavy atom. The number of fused-ring (bicyclic) bond motifs is 1. The molecule has 0 saturated heterocycles. The van der Waals surface area contributed by atoms with Gasteiger partial charge in [0, 0.05) is 27.1 Å². The van der Waals surface area contributed by atoms with Crippen molar-refractivity contribution < 1.29 is 9.90 Å². The van der Waals surface area contributed by atoms with Crippen molar-refractivity contribution in [3.8, 4) is 0 Å². The quantitative estimate of drug-likeness (QED) is 0.821. The molecule has 1 heterocycles. The van der Waals surface area contributed by atoms with Crippen molar-refractivity contribution >= 4 is 38.9 Å². The van der Waals surface area contributed by atoms with Crippen molar-refractivity contribution in [2.45, 2.75) is 0 Å². The third-order valence-corrected chi connectivity index (χ3v) is 2.50. The van der Waals surface area contributed by atoms with E-state index >= 15 is 0 Å². The van der Waals surface area contributed by atoms with Gasteiger partial charge in [0.2, 0.25) is 0 Å². The molecule has 0 aliphatic carbocycles. The maximum Gasteiger partial charge on any atom is 0.328 e. The Hall–Kier alpha value is -1.55. The van der Waals surface area contributed by atoms with Crippen LogP contribution in [0.15, 0.2) is 34.8 Å². The Bertz CT molecular complexity index is 543. The first-order valence-corrected chi connectivity index (χ1v) is 5.14. The molecular weight excluding hydrogens is 258 g/mol. The zero-order valence-corrected chi connectivity index (χ0v) is 9.28. The Morgan fingerprint density at radius 2 is 2.20 bits per heavy atom. The van der Waals surface area contributed by atoms with E-state index in [2.05, 4.69) is 20.9 Å². The van der Waals surface area contributed by atoms with E-state index in [9.17, 15) is 4.79 Å². The van der Waals surface area contributed by atoms with Gasteiger partial charge >= 0.3 is 5.97 Å². The highest BCUT2D eigenvalue weighted by molar-refractivity contribution is 9.10. The molecule has 0 radical (unpaired) electrons. The lowest BCUT2D eigenvalue weighted by Gasteiger charge is -1.89. The van der Waals surface area contributed by atoms with Gasteiger partial charge in [-0.1, -0.05) is 15.9 Å². The zero-order valence-electron chi connectivity index (χ0n) is 7.70. The van der Waals surface area contributed by atoms with Crippen molar-refractivity contribution in [2.75, 3.05) is 0 Å². The largest absolute Gasteiger partial charge is 0.478 e. The minimum Gasteiger partial charge on any atom is -0.478 e. The maximum atomic E-state index is 10.3. The SMILES string of the molecule is O=C(O)/C=C/c1cc2cc(Br)ccc2[nH]1. The first-order chi connectivity index (χ1) is 7.15. The number of aliphatic carboxylic acids is 1. The number of hydrogen-bond donors (Lipinski definition) is 2.